The fourth-order valence-electron chi connectivity index (χ4n) is 1.70. The second-order valence-corrected chi connectivity index (χ2v) is 3.42. The zero-order chi connectivity index (χ0) is 13.9. The Bertz CT molecular complexity index is 575. The predicted molar refractivity (Wildman–Crippen MR) is 67.4 cm³/mol. The lowest BCUT2D eigenvalue weighted by atomic mass is 10.2. The number of methoxy groups -OCH3 is 1. The van der Waals surface area contributed by atoms with Crippen LogP contribution in [-0.4, -0.2) is 22.9 Å². The summed E-state index contributed by atoms with van der Waals surface area (Å²) in [5.41, 5.74) is 0.922. The summed E-state index contributed by atoms with van der Waals surface area (Å²) in [6.45, 7) is 5.66. The van der Waals surface area contributed by atoms with Crippen LogP contribution in [-0.2, 0) is 4.74 Å². The number of phenolic OH excluding ortho intramolecular Hbond substituents is 1. The Kier molecular flexibility index (Phi) is 4.31. The fraction of sp³-hybridized carbons (Fsp3) is 0.308. The minimum absolute atomic E-state index is 0.197. The maximum atomic E-state index is 13.5. The first-order valence-electron chi connectivity index (χ1n) is 5.64. The third kappa shape index (κ3) is 2.16. The van der Waals surface area contributed by atoms with Crippen molar-refractivity contribution in [3.05, 3.63) is 29.7 Å². The Morgan fingerprint density at radius 2 is 2.00 bits per heavy atom. The third-order valence-electron chi connectivity index (χ3n) is 2.44. The van der Waals surface area contributed by atoms with Gasteiger partial charge in [-0.05, 0) is 25.1 Å². The molecule has 2 aromatic rings. The molecule has 0 aliphatic rings. The summed E-state index contributed by atoms with van der Waals surface area (Å²) in [4.78, 5) is 11.5. The van der Waals surface area contributed by atoms with E-state index in [1.807, 2.05) is 13.8 Å². The van der Waals surface area contributed by atoms with Crippen LogP contribution in [0.1, 0.15) is 19.5 Å². The molecule has 1 aromatic heterocycles. The maximum Gasteiger partial charge on any atom is 0.418 e. The Hall–Kier alpha value is -2.04. The number of carbonyl (C=O) groups is 1. The molecular formula is C13H16FNO3. The van der Waals surface area contributed by atoms with Gasteiger partial charge in [-0.1, -0.05) is 13.8 Å². The van der Waals surface area contributed by atoms with Crippen molar-refractivity contribution in [3.8, 4) is 5.75 Å². The average molecular weight is 253 g/mol. The van der Waals surface area contributed by atoms with Gasteiger partial charge >= 0.3 is 6.09 Å². The lowest BCUT2D eigenvalue weighted by Gasteiger charge is -2.04. The van der Waals surface area contributed by atoms with Gasteiger partial charge in [0.1, 0.15) is 0 Å². The summed E-state index contributed by atoms with van der Waals surface area (Å²) in [7, 11) is 1.25. The molecule has 0 aliphatic heterocycles. The predicted octanol–water partition coefficient (Wildman–Crippen LogP) is 3.44. The Balaban J connectivity index is 0.000000771. The minimum atomic E-state index is -0.733. The number of carbonyl (C=O) groups excluding carboxylic acids is 1. The van der Waals surface area contributed by atoms with E-state index in [0.717, 1.165) is 0 Å². The van der Waals surface area contributed by atoms with Crippen molar-refractivity contribution in [2.75, 3.05) is 7.11 Å². The largest absolute Gasteiger partial charge is 0.505 e. The molecule has 0 fully saturated rings. The van der Waals surface area contributed by atoms with Crippen LogP contribution in [0.4, 0.5) is 9.18 Å². The van der Waals surface area contributed by atoms with E-state index in [1.54, 1.807) is 6.92 Å². The number of phenols is 1. The Morgan fingerprint density at radius 3 is 2.56 bits per heavy atom. The van der Waals surface area contributed by atoms with Crippen molar-refractivity contribution in [1.82, 2.24) is 4.57 Å². The maximum absolute atomic E-state index is 13.5. The number of halogens is 1. The van der Waals surface area contributed by atoms with Gasteiger partial charge in [0, 0.05) is 11.1 Å². The highest BCUT2D eigenvalue weighted by molar-refractivity contribution is 5.91. The van der Waals surface area contributed by atoms with E-state index < -0.39 is 17.7 Å². The molecule has 1 heterocycles. The van der Waals surface area contributed by atoms with Crippen LogP contribution in [0.25, 0.3) is 10.9 Å². The van der Waals surface area contributed by atoms with E-state index >= 15 is 0 Å². The molecule has 0 unspecified atom stereocenters. The number of ether oxygens (including phenoxy) is 1. The van der Waals surface area contributed by atoms with Crippen LogP contribution in [0.2, 0.25) is 0 Å². The molecule has 2 rings (SSSR count). The summed E-state index contributed by atoms with van der Waals surface area (Å²) in [5, 5.41) is 9.41. The SMILES string of the molecule is CC.COC(=O)n1c(C)cc2c(F)c(O)ccc21. The molecule has 0 radical (unpaired) electrons. The smallest absolute Gasteiger partial charge is 0.418 e. The number of nitrogens with zero attached hydrogens (tertiary/aromatic N) is 1. The zero-order valence-corrected chi connectivity index (χ0v) is 10.8. The van der Waals surface area contributed by atoms with Gasteiger partial charge in [-0.3, -0.25) is 0 Å². The topological polar surface area (TPSA) is 51.5 Å². The highest BCUT2D eigenvalue weighted by atomic mass is 19.1. The summed E-state index contributed by atoms with van der Waals surface area (Å²) >= 11 is 0. The van der Waals surface area contributed by atoms with E-state index in [2.05, 4.69) is 4.74 Å². The standard InChI is InChI=1S/C11H10FNO3.C2H6/c1-6-5-7-8(13(6)11(15)16-2)3-4-9(14)10(7)12;1-2/h3-5,14H,1-2H3;1-2H3. The average Bonchev–Trinajstić information content (AvgIpc) is 2.73. The molecule has 1 N–H and O–H groups in total. The molecule has 0 saturated heterocycles. The van der Waals surface area contributed by atoms with Crippen LogP contribution in [0, 0.1) is 12.7 Å². The summed E-state index contributed by atoms with van der Waals surface area (Å²) in [5.74, 6) is -1.17. The van der Waals surface area contributed by atoms with Crippen molar-refractivity contribution in [2.45, 2.75) is 20.8 Å². The first-order chi connectivity index (χ1) is 8.56. The van der Waals surface area contributed by atoms with Gasteiger partial charge in [0.15, 0.2) is 11.6 Å². The molecule has 0 bridgehead atoms. The normalized spacial score (nSPS) is 9.83. The van der Waals surface area contributed by atoms with E-state index in [4.69, 9.17) is 0 Å². The minimum Gasteiger partial charge on any atom is -0.505 e. The lowest BCUT2D eigenvalue weighted by molar-refractivity contribution is 0.173. The third-order valence-corrected chi connectivity index (χ3v) is 2.44. The Labute approximate surface area is 105 Å². The number of benzene rings is 1. The molecule has 0 spiro atoms. The molecule has 18 heavy (non-hydrogen) atoms. The van der Waals surface area contributed by atoms with Gasteiger partial charge in [0.25, 0.3) is 0 Å². The van der Waals surface area contributed by atoms with Crippen molar-refractivity contribution in [2.24, 2.45) is 0 Å². The van der Waals surface area contributed by atoms with Gasteiger partial charge in [0.2, 0.25) is 0 Å². The van der Waals surface area contributed by atoms with Crippen LogP contribution < -0.4 is 0 Å². The van der Waals surface area contributed by atoms with E-state index in [1.165, 1.54) is 29.9 Å². The molecule has 5 heteroatoms. The number of rotatable bonds is 0. The molecule has 98 valence electrons. The van der Waals surface area contributed by atoms with E-state index in [0.29, 0.717) is 11.2 Å². The number of hydrogen-bond donors (Lipinski definition) is 1. The van der Waals surface area contributed by atoms with Gasteiger partial charge in [-0.15, -0.1) is 0 Å². The second-order valence-electron chi connectivity index (χ2n) is 3.42. The van der Waals surface area contributed by atoms with Crippen LogP contribution in [0.5, 0.6) is 5.75 Å². The van der Waals surface area contributed by atoms with Gasteiger partial charge < -0.3 is 9.84 Å². The first kappa shape index (κ1) is 14.0. The fourth-order valence-corrected chi connectivity index (χ4v) is 1.70. The van der Waals surface area contributed by atoms with Crippen molar-refractivity contribution < 1.29 is 19.0 Å². The first-order valence-corrected chi connectivity index (χ1v) is 5.64. The zero-order valence-electron chi connectivity index (χ0n) is 10.8. The number of aryl methyl sites for hydroxylation is 1. The quantitative estimate of drug-likeness (QED) is 0.782. The lowest BCUT2D eigenvalue weighted by Crippen LogP contribution is -2.12. The molecule has 0 amide bonds. The van der Waals surface area contributed by atoms with Crippen LogP contribution in [0.15, 0.2) is 18.2 Å². The monoisotopic (exact) mass is 253 g/mol. The van der Waals surface area contributed by atoms with E-state index in [9.17, 15) is 14.3 Å². The van der Waals surface area contributed by atoms with Crippen molar-refractivity contribution in [3.63, 3.8) is 0 Å². The van der Waals surface area contributed by atoms with Gasteiger partial charge in [-0.25, -0.2) is 13.8 Å². The van der Waals surface area contributed by atoms with Gasteiger partial charge in [0.05, 0.1) is 12.6 Å². The highest BCUT2D eigenvalue weighted by Gasteiger charge is 2.16. The number of hydrogen-bond acceptors (Lipinski definition) is 3. The number of aromatic hydroxyl groups is 1. The second kappa shape index (κ2) is 5.53. The summed E-state index contributed by atoms with van der Waals surface area (Å²) in [6.07, 6.45) is -0.586. The molecule has 0 saturated carbocycles. The van der Waals surface area contributed by atoms with Crippen LogP contribution in [0.3, 0.4) is 0 Å². The van der Waals surface area contributed by atoms with Crippen molar-refractivity contribution >= 4 is 17.0 Å². The van der Waals surface area contributed by atoms with E-state index in [-0.39, 0.29) is 5.39 Å². The summed E-state index contributed by atoms with van der Waals surface area (Å²) < 4.78 is 19.4. The molecule has 0 atom stereocenters. The molecule has 1 aromatic carbocycles. The molecule has 4 nitrogen and oxygen atoms in total. The van der Waals surface area contributed by atoms with Crippen LogP contribution >= 0.6 is 0 Å². The van der Waals surface area contributed by atoms with Crippen molar-refractivity contribution in [1.29, 1.82) is 0 Å². The number of fused-ring (bicyclic) bond motifs is 1. The highest BCUT2D eigenvalue weighted by Crippen LogP contribution is 2.28. The Morgan fingerprint density at radius 1 is 1.39 bits per heavy atom. The number of aromatic nitrogens is 1. The van der Waals surface area contributed by atoms with Gasteiger partial charge in [-0.2, -0.15) is 0 Å². The molecule has 0 aliphatic carbocycles. The molecular weight excluding hydrogens is 237 g/mol. The summed E-state index contributed by atoms with van der Waals surface area (Å²) in [6, 6.07) is 4.16.